The zero-order chi connectivity index (χ0) is 36.4. The number of likely N-dealkylation sites (tertiary alicyclic amines) is 1. The molecule has 4 fully saturated rings. The van der Waals surface area contributed by atoms with Crippen molar-refractivity contribution in [3.05, 3.63) is 70.5 Å². The minimum Gasteiger partial charge on any atom is -0.497 e. The maximum absolute atomic E-state index is 14.9. The number of likely N-dealkylation sites (N-methyl/N-ethyl adjacent to an activating group) is 1. The largest absolute Gasteiger partial charge is 0.497 e. The summed E-state index contributed by atoms with van der Waals surface area (Å²) in [6.07, 6.45) is 15.6. The van der Waals surface area contributed by atoms with Gasteiger partial charge in [-0.3, -0.25) is 19.0 Å². The number of piperazine rings is 1. The van der Waals surface area contributed by atoms with E-state index in [-0.39, 0.29) is 35.2 Å². The summed E-state index contributed by atoms with van der Waals surface area (Å²) in [5.74, 6) is 1.28. The molecule has 278 valence electrons. The van der Waals surface area contributed by atoms with E-state index in [2.05, 4.69) is 81.1 Å². The molecule has 5 aliphatic rings. The summed E-state index contributed by atoms with van der Waals surface area (Å²) >= 11 is 1.45. The Hall–Kier alpha value is -4.02. The summed E-state index contributed by atoms with van der Waals surface area (Å²) in [5, 5.41) is 6.54. The molecule has 2 atom stereocenters. The van der Waals surface area contributed by atoms with Gasteiger partial charge in [0.05, 0.1) is 42.8 Å². The molecule has 2 bridgehead atoms. The number of benzene rings is 2. The Kier molecular flexibility index (Phi) is 9.17. The highest BCUT2D eigenvalue weighted by atomic mass is 32.2. The highest BCUT2D eigenvalue weighted by Gasteiger charge is 2.43. The first-order valence-electron chi connectivity index (χ1n) is 19.9. The topological polar surface area (TPSA) is 84.6 Å². The van der Waals surface area contributed by atoms with Gasteiger partial charge in [-0.15, -0.1) is 0 Å². The summed E-state index contributed by atoms with van der Waals surface area (Å²) in [6, 6.07) is 13.5. The van der Waals surface area contributed by atoms with Crippen LogP contribution in [0.5, 0.6) is 5.75 Å². The molecule has 0 radical (unpaired) electrons. The lowest BCUT2D eigenvalue weighted by molar-refractivity contribution is 0.0472. The molecule has 2 aliphatic carbocycles. The number of methoxy groups -OCH3 is 1. The predicted molar refractivity (Wildman–Crippen MR) is 213 cm³/mol. The molecule has 2 amide bonds. The van der Waals surface area contributed by atoms with E-state index in [9.17, 15) is 9.59 Å². The van der Waals surface area contributed by atoms with Crippen molar-refractivity contribution in [2.24, 2.45) is 0 Å². The molecule has 0 spiro atoms. The minimum absolute atomic E-state index is 0.0763. The Morgan fingerprint density at radius 2 is 1.68 bits per heavy atom. The van der Waals surface area contributed by atoms with E-state index >= 15 is 0 Å². The average molecular weight is 733 g/mol. The van der Waals surface area contributed by atoms with Crippen molar-refractivity contribution >= 4 is 46.3 Å². The lowest BCUT2D eigenvalue weighted by atomic mass is 9.81. The second kappa shape index (κ2) is 14.0. The van der Waals surface area contributed by atoms with Crippen molar-refractivity contribution in [3.8, 4) is 17.0 Å². The number of hydrogen-bond donors (Lipinski definition) is 1. The number of ether oxygens (including phenoxy) is 1. The van der Waals surface area contributed by atoms with Crippen LogP contribution in [-0.4, -0.2) is 80.5 Å². The number of aromatic nitrogens is 3. The molecule has 2 saturated heterocycles. The Bertz CT molecular complexity index is 2090. The predicted octanol–water partition coefficient (Wildman–Crippen LogP) is 8.55. The highest BCUT2D eigenvalue weighted by Crippen LogP contribution is 2.49. The Morgan fingerprint density at radius 1 is 0.906 bits per heavy atom. The van der Waals surface area contributed by atoms with Crippen LogP contribution in [0.3, 0.4) is 0 Å². The van der Waals surface area contributed by atoms with Crippen LogP contribution in [0.4, 0.5) is 0 Å². The number of nitrogens with one attached hydrogen (secondary N) is 1. The number of amides is 2. The first-order chi connectivity index (χ1) is 25.8. The Balaban J connectivity index is 1.25. The van der Waals surface area contributed by atoms with Crippen LogP contribution in [0.1, 0.15) is 128 Å². The van der Waals surface area contributed by atoms with E-state index in [0.29, 0.717) is 23.6 Å². The van der Waals surface area contributed by atoms with E-state index in [1.165, 1.54) is 59.8 Å². The van der Waals surface area contributed by atoms with E-state index < -0.39 is 0 Å². The van der Waals surface area contributed by atoms with Crippen LogP contribution in [0, 0.1) is 0 Å². The van der Waals surface area contributed by atoms with Gasteiger partial charge in [0.25, 0.3) is 11.8 Å². The third-order valence-corrected chi connectivity index (χ3v) is 13.4. The molecular weight excluding hydrogens is 681 g/mol. The molecule has 1 N–H and O–H groups in total. The van der Waals surface area contributed by atoms with Crippen molar-refractivity contribution in [1.29, 1.82) is 0 Å². The first-order valence-corrected chi connectivity index (χ1v) is 20.8. The number of fused-ring (bicyclic) bond motifs is 7. The fourth-order valence-electron chi connectivity index (χ4n) is 9.89. The molecule has 3 aliphatic heterocycles. The Morgan fingerprint density at radius 3 is 2.38 bits per heavy atom. The maximum Gasteiger partial charge on any atom is 0.261 e. The van der Waals surface area contributed by atoms with Gasteiger partial charge >= 0.3 is 0 Å². The Labute approximate surface area is 317 Å². The van der Waals surface area contributed by atoms with Gasteiger partial charge in [-0.1, -0.05) is 39.2 Å². The fourth-order valence-corrected chi connectivity index (χ4v) is 10.3. The van der Waals surface area contributed by atoms with Gasteiger partial charge in [-0.25, -0.2) is 0 Å². The molecule has 9 nitrogen and oxygen atoms in total. The molecule has 53 heavy (non-hydrogen) atoms. The van der Waals surface area contributed by atoms with Gasteiger partial charge in [0, 0.05) is 52.5 Å². The molecule has 9 rings (SSSR count). The van der Waals surface area contributed by atoms with E-state index in [1.54, 1.807) is 7.11 Å². The van der Waals surface area contributed by atoms with Crippen LogP contribution in [0.15, 0.2) is 42.6 Å². The van der Waals surface area contributed by atoms with Crippen LogP contribution >= 0.6 is 11.9 Å². The number of rotatable bonds is 8. The lowest BCUT2D eigenvalue weighted by Crippen LogP contribution is -2.54. The van der Waals surface area contributed by atoms with Gasteiger partial charge in [0.2, 0.25) is 0 Å². The van der Waals surface area contributed by atoms with Crippen molar-refractivity contribution in [2.45, 2.75) is 114 Å². The maximum atomic E-state index is 14.9. The van der Waals surface area contributed by atoms with Crippen molar-refractivity contribution in [2.75, 3.05) is 27.2 Å². The first kappa shape index (κ1) is 34.7. The third-order valence-electron chi connectivity index (χ3n) is 12.6. The number of nitrogens with zero attached hydrogens (tertiary/aromatic N) is 5. The van der Waals surface area contributed by atoms with Gasteiger partial charge in [0.15, 0.2) is 0 Å². The summed E-state index contributed by atoms with van der Waals surface area (Å²) in [4.78, 5) is 33.0. The van der Waals surface area contributed by atoms with E-state index in [1.807, 2.05) is 12.3 Å². The summed E-state index contributed by atoms with van der Waals surface area (Å²) in [7, 11) is 3.90. The van der Waals surface area contributed by atoms with E-state index in [0.717, 1.165) is 79.7 Å². The number of allylic oxidation sites excluding steroid dienone is 1. The molecule has 2 unspecified atom stereocenters. The third kappa shape index (κ3) is 6.10. The average Bonchev–Trinajstić information content (AvgIpc) is 3.75. The molecule has 2 aromatic heterocycles. The summed E-state index contributed by atoms with van der Waals surface area (Å²) in [6.45, 7) is 6.56. The van der Waals surface area contributed by atoms with Gasteiger partial charge in [-0.2, -0.15) is 5.10 Å². The van der Waals surface area contributed by atoms with Gasteiger partial charge in [-0.05, 0) is 123 Å². The highest BCUT2D eigenvalue weighted by molar-refractivity contribution is 7.98. The normalized spacial score (nSPS) is 22.0. The molecule has 2 aromatic carbocycles. The second-order valence-corrected chi connectivity index (χ2v) is 17.8. The monoisotopic (exact) mass is 732 g/mol. The smallest absolute Gasteiger partial charge is 0.261 e. The molecule has 5 heterocycles. The standard InChI is InChI=1S/C43H52N6O3S/c1-26(2)53-45-42(50)28-13-17-36-38(21-28)47-23-30(19-29-20-34(52-4)16-18-35(29)41(47)39(36)27-9-6-5-7-10-27)40-37(22-44-49(40)31-11-8-12-31)43(51)48-32-14-15-33(48)25-46(3)24-32/h13,16-22,26-27,31-33H,5-12,14-15,23-25H2,1-4H3,(H,45,50). The molecule has 2 saturated carbocycles. The van der Waals surface area contributed by atoms with Crippen LogP contribution in [-0.2, 0) is 6.54 Å². The van der Waals surface area contributed by atoms with Gasteiger partial charge < -0.3 is 19.1 Å². The molecule has 4 aromatic rings. The van der Waals surface area contributed by atoms with Crippen LogP contribution in [0.25, 0.3) is 33.8 Å². The fraction of sp³-hybridized carbons (Fsp3) is 0.512. The van der Waals surface area contributed by atoms with Crippen molar-refractivity contribution in [1.82, 2.24) is 28.9 Å². The summed E-state index contributed by atoms with van der Waals surface area (Å²) < 4.78 is 13.5. The van der Waals surface area contributed by atoms with Crippen LogP contribution in [0.2, 0.25) is 0 Å². The van der Waals surface area contributed by atoms with Crippen molar-refractivity contribution in [3.63, 3.8) is 0 Å². The zero-order valence-corrected chi connectivity index (χ0v) is 32.4. The van der Waals surface area contributed by atoms with Crippen molar-refractivity contribution < 1.29 is 14.3 Å². The number of hydrogen-bond acceptors (Lipinski definition) is 6. The quantitative estimate of drug-likeness (QED) is 0.183. The van der Waals surface area contributed by atoms with E-state index in [4.69, 9.17) is 9.84 Å². The SMILES string of the molecule is COc1ccc2c(c1)C=C(c1c(C(=O)N3C4CCC3CN(C)C4)cnn1C1CCC1)Cn1c-2c(C2CCCCC2)c2ccc(C(=O)NSC(C)C)cc21. The lowest BCUT2D eigenvalue weighted by Gasteiger charge is -2.39. The van der Waals surface area contributed by atoms with Crippen LogP contribution < -0.4 is 9.46 Å². The minimum atomic E-state index is -0.0763. The number of carbonyl (C=O) groups is 2. The molecular formula is C43H52N6O3S. The second-order valence-electron chi connectivity index (χ2n) is 16.4. The van der Waals surface area contributed by atoms with Gasteiger partial charge in [0.1, 0.15) is 5.75 Å². The molecule has 10 heteroatoms. The zero-order valence-electron chi connectivity index (χ0n) is 31.6. The number of carbonyl (C=O) groups excluding carboxylic acids is 2. The summed E-state index contributed by atoms with van der Waals surface area (Å²) in [5.41, 5.74) is 9.33.